The molecule has 14 heavy (non-hydrogen) atoms. The van der Waals surface area contributed by atoms with Crippen LogP contribution in [0.2, 0.25) is 0 Å². The molecule has 0 fully saturated rings. The van der Waals surface area contributed by atoms with Gasteiger partial charge in [-0.15, -0.1) is 0 Å². The van der Waals surface area contributed by atoms with Gasteiger partial charge >= 0.3 is 0 Å². The number of aliphatic hydroxyl groups excluding tert-OH is 1. The molecule has 1 aromatic carbocycles. The topological polar surface area (TPSA) is 32.3 Å². The summed E-state index contributed by atoms with van der Waals surface area (Å²) >= 11 is 0. The Labute approximate surface area is 85.3 Å². The number of aliphatic hydroxyl groups is 1. The van der Waals surface area contributed by atoms with Crippen LogP contribution in [0.4, 0.5) is 0 Å². The molecule has 0 spiro atoms. The Kier molecular flexibility index (Phi) is 5.71. The van der Waals surface area contributed by atoms with Gasteiger partial charge in [-0.1, -0.05) is 42.5 Å². The van der Waals surface area contributed by atoms with Crippen molar-refractivity contribution in [2.24, 2.45) is 0 Å². The van der Waals surface area contributed by atoms with E-state index in [9.17, 15) is 0 Å². The van der Waals surface area contributed by atoms with E-state index in [1.165, 1.54) is 5.56 Å². The minimum absolute atomic E-state index is 0.211. The Balaban J connectivity index is 2.15. The molecule has 0 radical (unpaired) electrons. The van der Waals surface area contributed by atoms with Crippen molar-refractivity contribution < 1.29 is 5.11 Å². The van der Waals surface area contributed by atoms with E-state index in [0.717, 1.165) is 13.0 Å². The first kappa shape index (κ1) is 11.0. The van der Waals surface area contributed by atoms with Crippen LogP contribution in [0.25, 0.3) is 6.08 Å². The molecule has 1 rings (SSSR count). The highest BCUT2D eigenvalue weighted by Gasteiger charge is 1.84. The summed E-state index contributed by atoms with van der Waals surface area (Å²) in [6.07, 6.45) is 5.25. The fourth-order valence-electron chi connectivity index (χ4n) is 1.17. The van der Waals surface area contributed by atoms with E-state index in [4.69, 9.17) is 5.11 Å². The third-order valence-electron chi connectivity index (χ3n) is 1.89. The van der Waals surface area contributed by atoms with Crippen molar-refractivity contribution in [2.45, 2.75) is 6.42 Å². The first-order valence-electron chi connectivity index (χ1n) is 4.96. The van der Waals surface area contributed by atoms with Crippen molar-refractivity contribution in [1.82, 2.24) is 5.32 Å². The first-order chi connectivity index (χ1) is 6.93. The van der Waals surface area contributed by atoms with Crippen molar-refractivity contribution in [3.63, 3.8) is 0 Å². The largest absolute Gasteiger partial charge is 0.395 e. The van der Waals surface area contributed by atoms with Crippen LogP contribution in [0.3, 0.4) is 0 Å². The maximum absolute atomic E-state index is 8.52. The monoisotopic (exact) mass is 191 g/mol. The Morgan fingerprint density at radius 2 is 1.93 bits per heavy atom. The fourth-order valence-corrected chi connectivity index (χ4v) is 1.17. The van der Waals surface area contributed by atoms with Gasteiger partial charge < -0.3 is 10.4 Å². The van der Waals surface area contributed by atoms with E-state index >= 15 is 0 Å². The van der Waals surface area contributed by atoms with Gasteiger partial charge in [-0.3, -0.25) is 0 Å². The number of rotatable bonds is 6. The van der Waals surface area contributed by atoms with Gasteiger partial charge in [0.25, 0.3) is 0 Å². The summed E-state index contributed by atoms with van der Waals surface area (Å²) in [4.78, 5) is 0. The molecule has 76 valence electrons. The number of hydrogen-bond donors (Lipinski definition) is 2. The Hall–Kier alpha value is -1.12. The summed E-state index contributed by atoms with van der Waals surface area (Å²) in [6.45, 7) is 1.81. The zero-order valence-electron chi connectivity index (χ0n) is 8.32. The maximum atomic E-state index is 8.52. The highest BCUT2D eigenvalue weighted by atomic mass is 16.3. The minimum atomic E-state index is 0.211. The summed E-state index contributed by atoms with van der Waals surface area (Å²) in [7, 11) is 0. The first-order valence-corrected chi connectivity index (χ1v) is 4.96. The molecule has 2 N–H and O–H groups in total. The average molecular weight is 191 g/mol. The predicted octanol–water partition coefficient (Wildman–Crippen LogP) is 1.67. The molecule has 0 aliphatic heterocycles. The summed E-state index contributed by atoms with van der Waals surface area (Å²) in [5.74, 6) is 0. The standard InChI is InChI=1S/C12H17NO/c14-11-10-13-9-5-4-8-12-6-2-1-3-7-12/h1-4,6-8,13-14H,5,9-11H2. The molecular weight excluding hydrogens is 174 g/mol. The lowest BCUT2D eigenvalue weighted by Gasteiger charge is -1.97. The number of nitrogens with one attached hydrogen (secondary N) is 1. The minimum Gasteiger partial charge on any atom is -0.395 e. The quantitative estimate of drug-likeness (QED) is 0.670. The second-order valence-electron chi connectivity index (χ2n) is 3.08. The van der Waals surface area contributed by atoms with Crippen LogP contribution in [0, 0.1) is 0 Å². The van der Waals surface area contributed by atoms with Crippen LogP contribution in [0.15, 0.2) is 36.4 Å². The van der Waals surface area contributed by atoms with Gasteiger partial charge in [0, 0.05) is 6.54 Å². The third-order valence-corrected chi connectivity index (χ3v) is 1.89. The Morgan fingerprint density at radius 1 is 1.14 bits per heavy atom. The average Bonchev–Trinajstić information content (AvgIpc) is 2.25. The molecule has 2 heteroatoms. The second-order valence-corrected chi connectivity index (χ2v) is 3.08. The van der Waals surface area contributed by atoms with Crippen molar-refractivity contribution in [3.05, 3.63) is 42.0 Å². The fraction of sp³-hybridized carbons (Fsp3) is 0.333. The molecule has 0 aliphatic carbocycles. The van der Waals surface area contributed by atoms with Gasteiger partial charge in [-0.2, -0.15) is 0 Å². The van der Waals surface area contributed by atoms with E-state index in [2.05, 4.69) is 29.6 Å². The molecule has 0 aromatic heterocycles. The van der Waals surface area contributed by atoms with Gasteiger partial charge in [-0.25, -0.2) is 0 Å². The maximum Gasteiger partial charge on any atom is 0.0555 e. The lowest BCUT2D eigenvalue weighted by Crippen LogP contribution is -2.18. The number of hydrogen-bond acceptors (Lipinski definition) is 2. The van der Waals surface area contributed by atoms with Crippen LogP contribution < -0.4 is 5.32 Å². The predicted molar refractivity (Wildman–Crippen MR) is 60.0 cm³/mol. The molecular formula is C12H17NO. The SMILES string of the molecule is OCCNCCC=Cc1ccccc1. The van der Waals surface area contributed by atoms with E-state index in [1.54, 1.807) is 0 Å². The molecule has 0 saturated heterocycles. The summed E-state index contributed by atoms with van der Waals surface area (Å²) in [5, 5.41) is 11.6. The summed E-state index contributed by atoms with van der Waals surface area (Å²) < 4.78 is 0. The van der Waals surface area contributed by atoms with E-state index in [1.807, 2.05) is 18.2 Å². The highest BCUT2D eigenvalue weighted by Crippen LogP contribution is 2.01. The van der Waals surface area contributed by atoms with Crippen LogP contribution in [0.1, 0.15) is 12.0 Å². The summed E-state index contributed by atoms with van der Waals surface area (Å²) in [5.41, 5.74) is 1.23. The smallest absolute Gasteiger partial charge is 0.0555 e. The van der Waals surface area contributed by atoms with Gasteiger partial charge in [0.05, 0.1) is 6.61 Å². The molecule has 0 atom stereocenters. The lowest BCUT2D eigenvalue weighted by molar-refractivity contribution is 0.293. The second kappa shape index (κ2) is 7.30. The summed E-state index contributed by atoms with van der Waals surface area (Å²) in [6, 6.07) is 10.2. The zero-order valence-corrected chi connectivity index (χ0v) is 8.32. The third kappa shape index (κ3) is 4.80. The van der Waals surface area contributed by atoms with Gasteiger partial charge in [-0.05, 0) is 18.5 Å². The zero-order chi connectivity index (χ0) is 10.1. The van der Waals surface area contributed by atoms with Crippen LogP contribution in [0.5, 0.6) is 0 Å². The van der Waals surface area contributed by atoms with Crippen molar-refractivity contribution in [2.75, 3.05) is 19.7 Å². The van der Waals surface area contributed by atoms with E-state index in [-0.39, 0.29) is 6.61 Å². The van der Waals surface area contributed by atoms with Gasteiger partial charge in [0.1, 0.15) is 0 Å². The van der Waals surface area contributed by atoms with Crippen molar-refractivity contribution in [1.29, 1.82) is 0 Å². The normalized spacial score (nSPS) is 10.9. The molecule has 0 heterocycles. The van der Waals surface area contributed by atoms with Crippen molar-refractivity contribution in [3.8, 4) is 0 Å². The van der Waals surface area contributed by atoms with Gasteiger partial charge in [0.2, 0.25) is 0 Å². The van der Waals surface area contributed by atoms with E-state index in [0.29, 0.717) is 6.54 Å². The molecule has 0 bridgehead atoms. The van der Waals surface area contributed by atoms with Gasteiger partial charge in [0.15, 0.2) is 0 Å². The molecule has 0 amide bonds. The van der Waals surface area contributed by atoms with Crippen LogP contribution in [-0.2, 0) is 0 Å². The van der Waals surface area contributed by atoms with E-state index < -0.39 is 0 Å². The highest BCUT2D eigenvalue weighted by molar-refractivity contribution is 5.48. The van der Waals surface area contributed by atoms with Crippen LogP contribution in [-0.4, -0.2) is 24.8 Å². The molecule has 1 aromatic rings. The Morgan fingerprint density at radius 3 is 2.64 bits per heavy atom. The van der Waals surface area contributed by atoms with Crippen molar-refractivity contribution >= 4 is 6.08 Å². The Bertz CT molecular complexity index is 256. The number of benzene rings is 1. The lowest BCUT2D eigenvalue weighted by atomic mass is 10.2. The molecule has 0 aliphatic rings. The molecule has 0 unspecified atom stereocenters. The van der Waals surface area contributed by atoms with Crippen LogP contribution >= 0.6 is 0 Å². The molecule has 2 nitrogen and oxygen atoms in total. The molecule has 0 saturated carbocycles.